The third kappa shape index (κ3) is 4.71. The summed E-state index contributed by atoms with van der Waals surface area (Å²) < 4.78 is 5.66. The van der Waals surface area contributed by atoms with Crippen LogP contribution in [-0.4, -0.2) is 62.0 Å². The van der Waals surface area contributed by atoms with E-state index >= 15 is 0 Å². The topological polar surface area (TPSA) is 44.7 Å². The Hall–Kier alpha value is -0.160. The number of hydrogen-bond acceptors (Lipinski definition) is 4. The molecule has 1 atom stereocenters. The molecule has 2 aliphatic heterocycles. The zero-order chi connectivity index (χ0) is 13.7. The Morgan fingerprint density at radius 1 is 1.37 bits per heavy atom. The third-order valence-corrected chi connectivity index (χ3v) is 4.35. The van der Waals surface area contributed by atoms with Crippen molar-refractivity contribution in [1.82, 2.24) is 10.2 Å². The lowest BCUT2D eigenvalue weighted by Gasteiger charge is -2.37. The third-order valence-electron chi connectivity index (χ3n) is 4.35. The van der Waals surface area contributed by atoms with Gasteiger partial charge in [-0.3, -0.25) is 0 Å². The fraction of sp³-hybridized carbons (Fsp3) is 1.00. The molecule has 0 radical (unpaired) electrons. The SMILES string of the molecule is CC(C)CNCC1(CN2CCC(O)CC2)CCOC1. The van der Waals surface area contributed by atoms with Crippen molar-refractivity contribution >= 4 is 0 Å². The lowest BCUT2D eigenvalue weighted by Crippen LogP contribution is -2.48. The molecule has 0 aliphatic carbocycles. The van der Waals surface area contributed by atoms with Crippen LogP contribution < -0.4 is 5.32 Å². The van der Waals surface area contributed by atoms with Gasteiger partial charge in [0.2, 0.25) is 0 Å². The standard InChI is InChI=1S/C15H30N2O2/c1-13(2)9-16-10-15(5-8-19-12-15)11-17-6-3-14(18)4-7-17/h13-14,16,18H,3-12H2,1-2H3. The number of rotatable bonds is 6. The van der Waals surface area contributed by atoms with Crippen LogP contribution in [0.2, 0.25) is 0 Å². The summed E-state index contributed by atoms with van der Waals surface area (Å²) >= 11 is 0. The number of aliphatic hydroxyl groups is 1. The van der Waals surface area contributed by atoms with Crippen LogP contribution in [0.4, 0.5) is 0 Å². The van der Waals surface area contributed by atoms with Crippen molar-refractivity contribution in [2.45, 2.75) is 39.2 Å². The monoisotopic (exact) mass is 270 g/mol. The van der Waals surface area contributed by atoms with E-state index < -0.39 is 0 Å². The van der Waals surface area contributed by atoms with Gasteiger partial charge in [-0.1, -0.05) is 13.8 Å². The summed E-state index contributed by atoms with van der Waals surface area (Å²) in [6, 6.07) is 0. The molecule has 2 aliphatic rings. The predicted octanol–water partition coefficient (Wildman–Crippen LogP) is 1.10. The van der Waals surface area contributed by atoms with Crippen LogP contribution >= 0.6 is 0 Å². The van der Waals surface area contributed by atoms with Gasteiger partial charge in [-0.15, -0.1) is 0 Å². The summed E-state index contributed by atoms with van der Waals surface area (Å²) in [6.45, 7) is 11.6. The van der Waals surface area contributed by atoms with Gasteiger partial charge in [-0.2, -0.15) is 0 Å². The number of hydrogen-bond donors (Lipinski definition) is 2. The fourth-order valence-electron chi connectivity index (χ4n) is 3.15. The van der Waals surface area contributed by atoms with E-state index in [1.54, 1.807) is 0 Å². The minimum absolute atomic E-state index is 0.0777. The van der Waals surface area contributed by atoms with Crippen LogP contribution in [0, 0.1) is 11.3 Å². The Balaban J connectivity index is 1.81. The molecule has 2 heterocycles. The molecular formula is C15H30N2O2. The zero-order valence-corrected chi connectivity index (χ0v) is 12.5. The minimum atomic E-state index is -0.0777. The van der Waals surface area contributed by atoms with E-state index in [1.807, 2.05) is 0 Å². The van der Waals surface area contributed by atoms with Crippen LogP contribution in [0.5, 0.6) is 0 Å². The maximum atomic E-state index is 9.59. The molecule has 112 valence electrons. The first-order valence-electron chi connectivity index (χ1n) is 7.78. The molecule has 2 saturated heterocycles. The zero-order valence-electron chi connectivity index (χ0n) is 12.5. The quantitative estimate of drug-likeness (QED) is 0.758. The average molecular weight is 270 g/mol. The van der Waals surface area contributed by atoms with Gasteiger partial charge in [0, 0.05) is 38.2 Å². The van der Waals surface area contributed by atoms with E-state index in [9.17, 15) is 5.11 Å². The largest absolute Gasteiger partial charge is 0.393 e. The van der Waals surface area contributed by atoms with Crippen LogP contribution in [0.15, 0.2) is 0 Å². The van der Waals surface area contributed by atoms with Crippen LogP contribution in [0.3, 0.4) is 0 Å². The second-order valence-electron chi connectivity index (χ2n) is 6.83. The molecule has 19 heavy (non-hydrogen) atoms. The van der Waals surface area contributed by atoms with Gasteiger partial charge in [-0.25, -0.2) is 0 Å². The maximum Gasteiger partial charge on any atom is 0.0564 e. The van der Waals surface area contributed by atoms with E-state index in [2.05, 4.69) is 24.1 Å². The summed E-state index contributed by atoms with van der Waals surface area (Å²) in [5.41, 5.74) is 0.289. The van der Waals surface area contributed by atoms with Crippen LogP contribution in [0.1, 0.15) is 33.1 Å². The Morgan fingerprint density at radius 3 is 2.68 bits per heavy atom. The molecule has 0 aromatic rings. The van der Waals surface area contributed by atoms with Crippen LogP contribution in [-0.2, 0) is 4.74 Å². The summed E-state index contributed by atoms with van der Waals surface area (Å²) in [6.07, 6.45) is 2.94. The molecule has 0 spiro atoms. The number of aliphatic hydroxyl groups excluding tert-OH is 1. The molecule has 0 amide bonds. The number of ether oxygens (including phenoxy) is 1. The lowest BCUT2D eigenvalue weighted by molar-refractivity contribution is 0.0498. The second-order valence-corrected chi connectivity index (χ2v) is 6.83. The minimum Gasteiger partial charge on any atom is -0.393 e. The molecule has 2 fully saturated rings. The summed E-state index contributed by atoms with van der Waals surface area (Å²) in [5, 5.41) is 13.2. The van der Waals surface area contributed by atoms with Gasteiger partial charge in [0.25, 0.3) is 0 Å². The maximum absolute atomic E-state index is 9.59. The molecule has 4 heteroatoms. The van der Waals surface area contributed by atoms with Gasteiger partial charge >= 0.3 is 0 Å². The summed E-state index contributed by atoms with van der Waals surface area (Å²) in [5.74, 6) is 0.699. The predicted molar refractivity (Wildman–Crippen MR) is 77.3 cm³/mol. The molecule has 0 aromatic carbocycles. The molecule has 2 N–H and O–H groups in total. The summed E-state index contributed by atoms with van der Waals surface area (Å²) in [4.78, 5) is 2.51. The average Bonchev–Trinajstić information content (AvgIpc) is 2.81. The van der Waals surface area contributed by atoms with Crippen molar-refractivity contribution in [3.8, 4) is 0 Å². The van der Waals surface area contributed by atoms with Crippen molar-refractivity contribution in [3.63, 3.8) is 0 Å². The fourth-order valence-corrected chi connectivity index (χ4v) is 3.15. The second kappa shape index (κ2) is 7.02. The summed E-state index contributed by atoms with van der Waals surface area (Å²) in [7, 11) is 0. The molecule has 2 rings (SSSR count). The van der Waals surface area contributed by atoms with Gasteiger partial charge in [-0.05, 0) is 31.7 Å². The van der Waals surface area contributed by atoms with Crippen molar-refractivity contribution in [1.29, 1.82) is 0 Å². The molecule has 0 saturated carbocycles. The Morgan fingerprint density at radius 2 is 2.11 bits per heavy atom. The van der Waals surface area contributed by atoms with E-state index in [0.717, 1.165) is 65.2 Å². The molecule has 0 aromatic heterocycles. The first kappa shape index (κ1) is 15.2. The first-order valence-corrected chi connectivity index (χ1v) is 7.78. The smallest absolute Gasteiger partial charge is 0.0564 e. The molecule has 0 bridgehead atoms. The van der Waals surface area contributed by atoms with E-state index in [-0.39, 0.29) is 11.5 Å². The molecule has 1 unspecified atom stereocenters. The highest BCUT2D eigenvalue weighted by Crippen LogP contribution is 2.30. The molecular weight excluding hydrogens is 240 g/mol. The van der Waals surface area contributed by atoms with Crippen molar-refractivity contribution in [2.24, 2.45) is 11.3 Å². The first-order chi connectivity index (χ1) is 9.10. The number of likely N-dealkylation sites (tertiary alicyclic amines) is 1. The van der Waals surface area contributed by atoms with Crippen molar-refractivity contribution in [3.05, 3.63) is 0 Å². The van der Waals surface area contributed by atoms with Crippen molar-refractivity contribution < 1.29 is 9.84 Å². The Bertz CT molecular complexity index is 257. The van der Waals surface area contributed by atoms with Gasteiger partial charge in [0.1, 0.15) is 0 Å². The van der Waals surface area contributed by atoms with Crippen molar-refractivity contribution in [2.75, 3.05) is 45.9 Å². The Kier molecular flexibility index (Phi) is 5.63. The number of piperidine rings is 1. The van der Waals surface area contributed by atoms with Gasteiger partial charge in [0.05, 0.1) is 12.7 Å². The van der Waals surface area contributed by atoms with Crippen LogP contribution in [0.25, 0.3) is 0 Å². The highest BCUT2D eigenvalue weighted by Gasteiger charge is 2.37. The van der Waals surface area contributed by atoms with E-state index in [0.29, 0.717) is 5.92 Å². The van der Waals surface area contributed by atoms with E-state index in [1.165, 1.54) is 0 Å². The number of nitrogens with one attached hydrogen (secondary N) is 1. The lowest BCUT2D eigenvalue weighted by atomic mass is 9.85. The van der Waals surface area contributed by atoms with E-state index in [4.69, 9.17) is 4.74 Å². The molecule has 4 nitrogen and oxygen atoms in total. The van der Waals surface area contributed by atoms with Gasteiger partial charge < -0.3 is 20.1 Å². The normalized spacial score (nSPS) is 30.3. The highest BCUT2D eigenvalue weighted by molar-refractivity contribution is 4.89. The highest BCUT2D eigenvalue weighted by atomic mass is 16.5. The van der Waals surface area contributed by atoms with Gasteiger partial charge in [0.15, 0.2) is 0 Å². The number of nitrogens with zero attached hydrogens (tertiary/aromatic N) is 1. The Labute approximate surface area is 117 Å².